The summed E-state index contributed by atoms with van der Waals surface area (Å²) in [6.45, 7) is 2.20. The second-order valence-corrected chi connectivity index (χ2v) is 11.7. The first-order valence-electron chi connectivity index (χ1n) is 15.0. The molecule has 43 heavy (non-hydrogen) atoms. The highest BCUT2D eigenvalue weighted by Crippen LogP contribution is 2.48. The first-order valence-corrected chi connectivity index (χ1v) is 15.0. The summed E-state index contributed by atoms with van der Waals surface area (Å²) in [5, 5.41) is 15.6. The number of hydrogen-bond donors (Lipinski definition) is 0. The van der Waals surface area contributed by atoms with Gasteiger partial charge in [-0.25, -0.2) is 0 Å². The lowest BCUT2D eigenvalue weighted by Crippen LogP contribution is -1.93. The predicted molar refractivity (Wildman–Crippen MR) is 187 cm³/mol. The summed E-state index contributed by atoms with van der Waals surface area (Å²) in [5.74, 6) is 0. The molecule has 0 amide bonds. The minimum absolute atomic E-state index is 1.25. The molecule has 0 saturated carbocycles. The van der Waals surface area contributed by atoms with E-state index in [-0.39, 0.29) is 0 Å². The van der Waals surface area contributed by atoms with Crippen LogP contribution in [-0.4, -0.2) is 0 Å². The molecule has 0 fully saturated rings. The van der Waals surface area contributed by atoms with Gasteiger partial charge in [0.05, 0.1) is 0 Å². The summed E-state index contributed by atoms with van der Waals surface area (Å²) in [5.41, 5.74) is 6.37. The maximum absolute atomic E-state index is 2.50. The first kappa shape index (κ1) is 24.2. The van der Waals surface area contributed by atoms with Crippen molar-refractivity contribution < 1.29 is 0 Å². The van der Waals surface area contributed by atoms with Gasteiger partial charge in [-0.05, 0) is 106 Å². The summed E-state index contributed by atoms with van der Waals surface area (Å²) >= 11 is 0. The van der Waals surface area contributed by atoms with Gasteiger partial charge in [0.1, 0.15) is 0 Å². The molecule has 0 aromatic heterocycles. The van der Waals surface area contributed by atoms with Crippen LogP contribution in [0.2, 0.25) is 0 Å². The normalized spacial score (nSPS) is 11.8. The largest absolute Gasteiger partial charge is 0.0622 e. The van der Waals surface area contributed by atoms with Gasteiger partial charge in [-0.15, -0.1) is 0 Å². The van der Waals surface area contributed by atoms with Crippen molar-refractivity contribution >= 4 is 64.6 Å². The molecule has 200 valence electrons. The fourth-order valence-electron chi connectivity index (χ4n) is 7.39. The van der Waals surface area contributed by atoms with Gasteiger partial charge in [0, 0.05) is 0 Å². The van der Waals surface area contributed by atoms with E-state index >= 15 is 0 Å². The van der Waals surface area contributed by atoms with E-state index in [1.807, 2.05) is 0 Å². The van der Waals surface area contributed by atoms with Crippen molar-refractivity contribution in [2.75, 3.05) is 0 Å². The summed E-state index contributed by atoms with van der Waals surface area (Å²) in [4.78, 5) is 0. The Bertz CT molecular complexity index is 2540. The Morgan fingerprint density at radius 2 is 0.814 bits per heavy atom. The van der Waals surface area contributed by atoms with Crippen LogP contribution in [0.4, 0.5) is 0 Å². The van der Waals surface area contributed by atoms with Gasteiger partial charge in [0.2, 0.25) is 0 Å². The highest BCUT2D eigenvalue weighted by Gasteiger charge is 2.20. The third-order valence-corrected chi connectivity index (χ3v) is 9.24. The molecule has 0 aliphatic heterocycles. The topological polar surface area (TPSA) is 0 Å². The minimum Gasteiger partial charge on any atom is -0.0622 e. The lowest BCUT2D eigenvalue weighted by molar-refractivity contribution is 1.51. The lowest BCUT2D eigenvalue weighted by Gasteiger charge is -2.20. The molecule has 9 rings (SSSR count). The zero-order valence-corrected chi connectivity index (χ0v) is 23.9. The van der Waals surface area contributed by atoms with Gasteiger partial charge < -0.3 is 0 Å². The van der Waals surface area contributed by atoms with Crippen LogP contribution in [0, 0.1) is 6.92 Å². The van der Waals surface area contributed by atoms with E-state index < -0.39 is 0 Å². The van der Waals surface area contributed by atoms with E-state index in [1.165, 1.54) is 92.5 Å². The van der Waals surface area contributed by atoms with Gasteiger partial charge in [0.25, 0.3) is 0 Å². The van der Waals surface area contributed by atoms with E-state index in [0.29, 0.717) is 0 Å². The Morgan fingerprint density at radius 1 is 0.302 bits per heavy atom. The zero-order valence-electron chi connectivity index (χ0n) is 23.9. The third-order valence-electron chi connectivity index (χ3n) is 9.24. The monoisotopic (exact) mass is 544 g/mol. The Morgan fingerprint density at radius 3 is 1.51 bits per heavy atom. The van der Waals surface area contributed by atoms with E-state index in [2.05, 4.69) is 159 Å². The molecule has 0 unspecified atom stereocenters. The third kappa shape index (κ3) is 3.57. The van der Waals surface area contributed by atoms with E-state index in [1.54, 1.807) is 0 Å². The maximum atomic E-state index is 2.50. The van der Waals surface area contributed by atoms with Crippen molar-refractivity contribution in [3.05, 3.63) is 157 Å². The van der Waals surface area contributed by atoms with Crippen LogP contribution < -0.4 is 0 Å². The van der Waals surface area contributed by atoms with E-state index in [0.717, 1.165) is 0 Å². The number of fused-ring (bicyclic) bond motifs is 10. The van der Waals surface area contributed by atoms with Gasteiger partial charge >= 0.3 is 0 Å². The average molecular weight is 545 g/mol. The SMILES string of the molecule is Cc1ccc2c(-c3ccccc3)c3cc4c(cc3c(-c3ccccc3)c2c1)c1ccccc1c1ccc2ccccc2c14. The fraction of sp³-hybridized carbons (Fsp3) is 0.0233. The second kappa shape index (κ2) is 9.28. The molecule has 0 atom stereocenters. The smallest absolute Gasteiger partial charge is 0.00201 e. The summed E-state index contributed by atoms with van der Waals surface area (Å²) < 4.78 is 0. The number of rotatable bonds is 2. The molecular formula is C43H28. The summed E-state index contributed by atoms with van der Waals surface area (Å²) in [6.07, 6.45) is 0. The standard InChI is InChI=1S/C43H28/c1-27-20-22-35-37(24-27)42(30-15-6-3-7-16-30)39-25-36-33-19-11-10-18-32(33)34-23-21-28-12-8-9-17-31(28)43(34)38(36)26-40(39)41(35)29-13-4-2-5-14-29/h2-26H,1H3. The van der Waals surface area contributed by atoms with Gasteiger partial charge in [-0.2, -0.15) is 0 Å². The summed E-state index contributed by atoms with van der Waals surface area (Å²) in [6, 6.07) is 56.2. The van der Waals surface area contributed by atoms with Crippen LogP contribution in [0.5, 0.6) is 0 Å². The Labute approximate surface area is 250 Å². The van der Waals surface area contributed by atoms with Crippen molar-refractivity contribution in [3.8, 4) is 22.3 Å². The van der Waals surface area contributed by atoms with Gasteiger partial charge in [-0.3, -0.25) is 0 Å². The molecule has 0 heterocycles. The Kier molecular flexibility index (Phi) is 5.21. The Hall–Kier alpha value is -5.46. The van der Waals surface area contributed by atoms with Crippen molar-refractivity contribution in [3.63, 3.8) is 0 Å². The van der Waals surface area contributed by atoms with Gasteiger partial charge in [-0.1, -0.05) is 145 Å². The maximum Gasteiger partial charge on any atom is -0.00201 e. The van der Waals surface area contributed by atoms with Crippen LogP contribution >= 0.6 is 0 Å². The number of hydrogen-bond acceptors (Lipinski definition) is 0. The van der Waals surface area contributed by atoms with Crippen LogP contribution in [0.25, 0.3) is 86.9 Å². The molecule has 0 aliphatic carbocycles. The van der Waals surface area contributed by atoms with Crippen LogP contribution in [-0.2, 0) is 0 Å². The minimum atomic E-state index is 1.25. The molecular weight excluding hydrogens is 516 g/mol. The first-order chi connectivity index (χ1) is 21.3. The van der Waals surface area contributed by atoms with Crippen molar-refractivity contribution in [1.82, 2.24) is 0 Å². The molecule has 0 radical (unpaired) electrons. The predicted octanol–water partition coefficient (Wildman–Crippen LogP) is 12.2. The van der Waals surface area contributed by atoms with Gasteiger partial charge in [0.15, 0.2) is 0 Å². The molecule has 0 spiro atoms. The van der Waals surface area contributed by atoms with Crippen molar-refractivity contribution in [1.29, 1.82) is 0 Å². The number of benzene rings is 9. The molecule has 9 aromatic carbocycles. The van der Waals surface area contributed by atoms with Crippen molar-refractivity contribution in [2.24, 2.45) is 0 Å². The zero-order chi connectivity index (χ0) is 28.5. The Balaban J connectivity index is 1.61. The molecule has 0 aliphatic rings. The molecule has 9 aromatic rings. The van der Waals surface area contributed by atoms with Crippen LogP contribution in [0.15, 0.2) is 152 Å². The highest BCUT2D eigenvalue weighted by atomic mass is 14.2. The molecule has 0 saturated heterocycles. The summed E-state index contributed by atoms with van der Waals surface area (Å²) in [7, 11) is 0. The highest BCUT2D eigenvalue weighted by molar-refractivity contribution is 6.35. The average Bonchev–Trinajstić information content (AvgIpc) is 3.07. The second-order valence-electron chi connectivity index (χ2n) is 11.7. The van der Waals surface area contributed by atoms with E-state index in [4.69, 9.17) is 0 Å². The molecule has 0 nitrogen and oxygen atoms in total. The number of aryl methyl sites for hydroxylation is 1. The van der Waals surface area contributed by atoms with Crippen molar-refractivity contribution in [2.45, 2.75) is 6.92 Å². The quantitative estimate of drug-likeness (QED) is 0.150. The van der Waals surface area contributed by atoms with Crippen LogP contribution in [0.3, 0.4) is 0 Å². The molecule has 0 heteroatoms. The fourth-order valence-corrected chi connectivity index (χ4v) is 7.39. The van der Waals surface area contributed by atoms with E-state index in [9.17, 15) is 0 Å². The molecule has 0 N–H and O–H groups in total. The molecule has 0 bridgehead atoms. The van der Waals surface area contributed by atoms with Crippen LogP contribution in [0.1, 0.15) is 5.56 Å². The lowest BCUT2D eigenvalue weighted by atomic mass is 9.82.